The van der Waals surface area contributed by atoms with Gasteiger partial charge in [-0.2, -0.15) is 0 Å². The minimum absolute atomic E-state index is 0.0541. The summed E-state index contributed by atoms with van der Waals surface area (Å²) in [6, 6.07) is 16.2. The molecule has 0 aliphatic carbocycles. The number of halogens is 1. The Morgan fingerprint density at radius 2 is 1.89 bits per heavy atom. The van der Waals surface area contributed by atoms with Crippen LogP contribution in [0.3, 0.4) is 0 Å². The number of carbonyl (C=O) groups excluding carboxylic acids is 1. The Bertz CT molecular complexity index is 1050. The molecule has 1 atom stereocenters. The molecule has 8 heteroatoms. The molecule has 0 aliphatic heterocycles. The molecule has 28 heavy (non-hydrogen) atoms. The highest BCUT2D eigenvalue weighted by Gasteiger charge is 2.30. The molecule has 0 aliphatic rings. The summed E-state index contributed by atoms with van der Waals surface area (Å²) in [5.41, 5.74) is 0.396. The molecule has 0 fully saturated rings. The minimum Gasteiger partial charge on any atom is -0.497 e. The van der Waals surface area contributed by atoms with E-state index >= 15 is 0 Å². The third-order valence-corrected chi connectivity index (χ3v) is 7.64. The fraction of sp³-hybridized carbons (Fsp3) is 0.150. The molecule has 0 radical (unpaired) electrons. The van der Waals surface area contributed by atoms with E-state index < -0.39 is 15.1 Å². The summed E-state index contributed by atoms with van der Waals surface area (Å²) in [5, 5.41) is 4.10. The van der Waals surface area contributed by atoms with E-state index in [4.69, 9.17) is 16.3 Å². The molecule has 0 bridgehead atoms. The van der Waals surface area contributed by atoms with Crippen LogP contribution in [-0.2, 0) is 9.84 Å². The zero-order chi connectivity index (χ0) is 20.1. The van der Waals surface area contributed by atoms with E-state index in [0.29, 0.717) is 21.2 Å². The Morgan fingerprint density at radius 3 is 2.54 bits per heavy atom. The summed E-state index contributed by atoms with van der Waals surface area (Å²) in [7, 11) is -2.20. The first kappa shape index (κ1) is 20.4. The predicted octanol–water partition coefficient (Wildman–Crippen LogP) is 4.36. The maximum atomic E-state index is 13.2. The predicted molar refractivity (Wildman–Crippen MR) is 111 cm³/mol. The lowest BCUT2D eigenvalue weighted by atomic mass is 10.2. The molecule has 0 saturated carbocycles. The molecule has 0 spiro atoms. The fourth-order valence-corrected chi connectivity index (χ4v) is 5.59. The first-order valence-corrected chi connectivity index (χ1v) is 11.2. The van der Waals surface area contributed by atoms with Gasteiger partial charge in [-0.25, -0.2) is 8.42 Å². The molecule has 0 saturated heterocycles. The summed E-state index contributed by atoms with van der Waals surface area (Å²) in [5.74, 6) is 0.183. The van der Waals surface area contributed by atoms with Crippen molar-refractivity contribution in [1.82, 2.24) is 5.32 Å². The highest BCUT2D eigenvalue weighted by molar-refractivity contribution is 7.91. The molecular weight excluding hydrogens is 418 g/mol. The van der Waals surface area contributed by atoms with Gasteiger partial charge in [0.05, 0.1) is 12.0 Å². The van der Waals surface area contributed by atoms with Crippen molar-refractivity contribution in [2.24, 2.45) is 0 Å². The van der Waals surface area contributed by atoms with Gasteiger partial charge in [-0.15, -0.1) is 11.3 Å². The highest BCUT2D eigenvalue weighted by atomic mass is 35.5. The van der Waals surface area contributed by atoms with Gasteiger partial charge in [-0.05, 0) is 53.9 Å². The number of benzene rings is 2. The average Bonchev–Trinajstić information content (AvgIpc) is 3.22. The van der Waals surface area contributed by atoms with E-state index in [1.54, 1.807) is 36.4 Å². The van der Waals surface area contributed by atoms with Crippen LogP contribution in [0.15, 0.2) is 70.9 Å². The van der Waals surface area contributed by atoms with Gasteiger partial charge in [0.2, 0.25) is 0 Å². The first-order valence-electron chi connectivity index (χ1n) is 8.37. The van der Waals surface area contributed by atoms with Crippen LogP contribution in [0.25, 0.3) is 0 Å². The largest absolute Gasteiger partial charge is 0.497 e. The van der Waals surface area contributed by atoms with E-state index in [2.05, 4.69) is 5.32 Å². The molecule has 2 aromatic carbocycles. The van der Waals surface area contributed by atoms with Crippen LogP contribution in [0, 0.1) is 0 Å². The lowest BCUT2D eigenvalue weighted by molar-refractivity contribution is 0.0953. The zero-order valence-electron chi connectivity index (χ0n) is 15.0. The van der Waals surface area contributed by atoms with Crippen LogP contribution in [0.5, 0.6) is 5.75 Å². The lowest BCUT2D eigenvalue weighted by Gasteiger charge is -2.17. The normalized spacial score (nSPS) is 12.4. The van der Waals surface area contributed by atoms with Crippen LogP contribution < -0.4 is 10.1 Å². The Kier molecular flexibility index (Phi) is 6.39. The molecule has 1 heterocycles. The van der Waals surface area contributed by atoms with Crippen LogP contribution in [0.4, 0.5) is 0 Å². The molecule has 1 aromatic heterocycles. The number of amides is 1. The molecule has 5 nitrogen and oxygen atoms in total. The van der Waals surface area contributed by atoms with Crippen molar-refractivity contribution in [3.8, 4) is 5.75 Å². The number of methoxy groups -OCH3 is 1. The molecule has 1 amide bonds. The Labute approximate surface area is 172 Å². The number of nitrogens with one attached hydrogen (secondary N) is 1. The molecule has 146 valence electrons. The van der Waals surface area contributed by atoms with Crippen molar-refractivity contribution in [2.75, 3.05) is 13.7 Å². The van der Waals surface area contributed by atoms with Crippen molar-refractivity contribution in [3.05, 3.63) is 81.5 Å². The maximum absolute atomic E-state index is 13.2. The Hall–Kier alpha value is -2.35. The van der Waals surface area contributed by atoms with Crippen molar-refractivity contribution >= 4 is 38.7 Å². The lowest BCUT2D eigenvalue weighted by Crippen LogP contribution is -2.31. The van der Waals surface area contributed by atoms with Gasteiger partial charge < -0.3 is 10.1 Å². The number of ether oxygens (including phenoxy) is 1. The summed E-state index contributed by atoms with van der Waals surface area (Å²) in [6.45, 7) is -0.0541. The van der Waals surface area contributed by atoms with Gasteiger partial charge in [0.1, 0.15) is 11.0 Å². The SMILES string of the molecule is COc1cccc(C(=O)NCC(c2cccs2)S(=O)(=O)c2ccc(Cl)cc2)c1. The van der Waals surface area contributed by atoms with E-state index in [1.807, 2.05) is 5.38 Å². The second kappa shape index (κ2) is 8.77. The summed E-state index contributed by atoms with van der Waals surface area (Å²) in [4.78, 5) is 13.3. The molecule has 3 rings (SSSR count). The number of rotatable bonds is 7. The van der Waals surface area contributed by atoms with Gasteiger partial charge in [-0.1, -0.05) is 23.7 Å². The van der Waals surface area contributed by atoms with E-state index in [1.165, 1.54) is 42.7 Å². The van der Waals surface area contributed by atoms with Crippen LogP contribution >= 0.6 is 22.9 Å². The monoisotopic (exact) mass is 435 g/mol. The molecule has 3 aromatic rings. The minimum atomic E-state index is -3.72. The number of carbonyl (C=O) groups is 1. The van der Waals surface area contributed by atoms with E-state index in [0.717, 1.165) is 0 Å². The second-order valence-corrected chi connectivity index (χ2v) is 9.49. The quantitative estimate of drug-likeness (QED) is 0.598. The number of hydrogen-bond donors (Lipinski definition) is 1. The van der Waals surface area contributed by atoms with E-state index in [9.17, 15) is 13.2 Å². The molecule has 1 unspecified atom stereocenters. The summed E-state index contributed by atoms with van der Waals surface area (Å²) in [6.07, 6.45) is 0. The smallest absolute Gasteiger partial charge is 0.251 e. The van der Waals surface area contributed by atoms with E-state index in [-0.39, 0.29) is 17.3 Å². The fourth-order valence-electron chi connectivity index (χ4n) is 2.68. The summed E-state index contributed by atoms with van der Waals surface area (Å²) < 4.78 is 31.5. The van der Waals surface area contributed by atoms with Crippen LogP contribution in [0.1, 0.15) is 20.5 Å². The number of hydrogen-bond acceptors (Lipinski definition) is 5. The van der Waals surface area contributed by atoms with Crippen molar-refractivity contribution in [1.29, 1.82) is 0 Å². The van der Waals surface area contributed by atoms with Gasteiger partial charge >= 0.3 is 0 Å². The topological polar surface area (TPSA) is 72.5 Å². The van der Waals surface area contributed by atoms with Crippen LogP contribution in [0.2, 0.25) is 5.02 Å². The van der Waals surface area contributed by atoms with Crippen LogP contribution in [-0.4, -0.2) is 28.0 Å². The Balaban J connectivity index is 1.85. The number of sulfone groups is 1. The van der Waals surface area contributed by atoms with Crippen molar-refractivity contribution in [3.63, 3.8) is 0 Å². The number of thiophene rings is 1. The second-order valence-electron chi connectivity index (χ2n) is 5.94. The molecular formula is C20H18ClNO4S2. The van der Waals surface area contributed by atoms with Gasteiger partial charge in [-0.3, -0.25) is 4.79 Å². The van der Waals surface area contributed by atoms with Crippen molar-refractivity contribution < 1.29 is 17.9 Å². The summed E-state index contributed by atoms with van der Waals surface area (Å²) >= 11 is 7.21. The average molecular weight is 436 g/mol. The van der Waals surface area contributed by atoms with Gasteiger partial charge in [0.15, 0.2) is 9.84 Å². The van der Waals surface area contributed by atoms with Crippen molar-refractivity contribution in [2.45, 2.75) is 10.1 Å². The van der Waals surface area contributed by atoms with Gasteiger partial charge in [0.25, 0.3) is 5.91 Å². The Morgan fingerprint density at radius 1 is 1.14 bits per heavy atom. The first-order chi connectivity index (χ1) is 13.4. The zero-order valence-corrected chi connectivity index (χ0v) is 17.4. The third-order valence-electron chi connectivity index (χ3n) is 4.16. The third kappa shape index (κ3) is 4.55. The molecule has 1 N–H and O–H groups in total. The van der Waals surface area contributed by atoms with Gasteiger partial charge in [0, 0.05) is 22.0 Å². The standard InChI is InChI=1S/C20H18ClNO4S2/c1-26-16-5-2-4-14(12-16)20(23)22-13-19(18-6-3-11-27-18)28(24,25)17-9-7-15(21)8-10-17/h2-12,19H,13H2,1H3,(H,22,23). The highest BCUT2D eigenvalue weighted by Crippen LogP contribution is 2.32. The maximum Gasteiger partial charge on any atom is 0.251 e.